The molecule has 0 aromatic carbocycles. The summed E-state index contributed by atoms with van der Waals surface area (Å²) in [6.07, 6.45) is 15.7. The smallest absolute Gasteiger partial charge is 0.0614 e. The molecule has 0 fully saturated rings. The molecule has 2 radical (unpaired) electrons. The number of hydrogen-bond acceptors (Lipinski definition) is 1. The van der Waals surface area contributed by atoms with Crippen LogP contribution < -0.4 is 0 Å². The van der Waals surface area contributed by atoms with Crippen LogP contribution in [0.3, 0.4) is 0 Å². The number of nitrogens with two attached hydrogens (primary N) is 1. The minimum atomic E-state index is 0. The Morgan fingerprint density at radius 1 is 0.667 bits per heavy atom. The number of hydrogen-bond donors (Lipinski definition) is 1. The molecule has 4 heteroatoms. The summed E-state index contributed by atoms with van der Waals surface area (Å²) in [4.78, 5) is 0. The van der Waals surface area contributed by atoms with Crippen molar-refractivity contribution in [3.8, 4) is 0 Å². The van der Waals surface area contributed by atoms with Crippen molar-refractivity contribution < 1.29 is 58.2 Å². The third kappa shape index (κ3) is 22.6. The molecule has 0 aliphatic carbocycles. The van der Waals surface area contributed by atoms with E-state index in [9.17, 15) is 0 Å². The number of rotatable bonds is 10. The van der Waals surface area contributed by atoms with Crippen LogP contribution in [0.25, 0.3) is 6.15 Å². The van der Waals surface area contributed by atoms with Crippen LogP contribution in [0, 0.1) is 0 Å². The summed E-state index contributed by atoms with van der Waals surface area (Å²) >= 11 is 0. The fraction of sp³-hybridized carbons (Fsp3) is 0.600. The zero-order valence-electron chi connectivity index (χ0n) is 16.2. The van der Waals surface area contributed by atoms with Gasteiger partial charge in [0.05, 0.1) is 6.61 Å². The second-order valence-electron chi connectivity index (χ2n) is 6.23. The summed E-state index contributed by atoms with van der Waals surface area (Å²) in [5.74, 6) is 0. The Labute approximate surface area is 189 Å². The Bertz CT molecular complexity index is 408. The third-order valence-corrected chi connectivity index (χ3v) is 3.59. The molecule has 0 rings (SSSR count). The normalized spacial score (nSPS) is 11.8. The van der Waals surface area contributed by atoms with Gasteiger partial charge in [-0.2, -0.15) is 0 Å². The van der Waals surface area contributed by atoms with Crippen molar-refractivity contribution in [3.63, 3.8) is 0 Å². The summed E-state index contributed by atoms with van der Waals surface area (Å²) in [6, 6.07) is 0. The summed E-state index contributed by atoms with van der Waals surface area (Å²) in [5, 5.41) is 8.80. The molecule has 0 bridgehead atoms. The van der Waals surface area contributed by atoms with Crippen molar-refractivity contribution in [3.05, 3.63) is 52.7 Å². The molecule has 0 aliphatic heterocycles. The van der Waals surface area contributed by atoms with Gasteiger partial charge in [-0.1, -0.05) is 46.6 Å². The van der Waals surface area contributed by atoms with Gasteiger partial charge in [0.15, 0.2) is 0 Å². The Balaban J connectivity index is -0.000000667. The van der Waals surface area contributed by atoms with E-state index in [1.54, 1.807) is 0 Å². The average Bonchev–Trinajstić information content (AvgIpc) is 2.38. The van der Waals surface area contributed by atoms with E-state index in [1.165, 1.54) is 28.7 Å². The van der Waals surface area contributed by atoms with Crippen LogP contribution in [0.1, 0.15) is 73.1 Å². The second kappa shape index (κ2) is 21.7. The van der Waals surface area contributed by atoms with E-state index in [2.05, 4.69) is 52.8 Å². The van der Waals surface area contributed by atoms with E-state index < -0.39 is 0 Å². The van der Waals surface area contributed by atoms with E-state index in [4.69, 9.17) is 5.11 Å². The molecule has 24 heavy (non-hydrogen) atoms. The molecule has 3 N–H and O–H groups in total. The molecule has 0 unspecified atom stereocenters. The van der Waals surface area contributed by atoms with Crippen molar-refractivity contribution in [2.24, 2.45) is 0 Å². The average molecular weight is 582 g/mol. The van der Waals surface area contributed by atoms with Gasteiger partial charge in [-0.3, -0.25) is 0 Å². The van der Waals surface area contributed by atoms with Crippen molar-refractivity contribution in [1.82, 2.24) is 0 Å². The van der Waals surface area contributed by atoms with Crippen LogP contribution in [-0.4, -0.2) is 11.7 Å². The fourth-order valence-electron chi connectivity index (χ4n) is 2.14. The molecule has 0 heterocycles. The quantitative estimate of drug-likeness (QED) is 0.283. The molecule has 0 atom stereocenters. The summed E-state index contributed by atoms with van der Waals surface area (Å²) in [7, 11) is 0. The Kier molecular flexibility index (Phi) is 29.2. The number of aliphatic hydroxyl groups excluding tert-OH is 1. The maximum atomic E-state index is 8.80. The van der Waals surface area contributed by atoms with Crippen LogP contribution in [0.15, 0.2) is 46.6 Å². The SMILES string of the molecule is CC(C)=CCC/C(C)=C/CC/C(C)=C/CC/C(C)=C/CO.[NH2-].[Re].[Y]. The summed E-state index contributed by atoms with van der Waals surface area (Å²) in [5.41, 5.74) is 5.66. The van der Waals surface area contributed by atoms with Crippen LogP contribution in [0.5, 0.6) is 0 Å². The molecule has 2 nitrogen and oxygen atoms in total. The van der Waals surface area contributed by atoms with Gasteiger partial charge in [0.25, 0.3) is 0 Å². The Hall–Kier alpha value is 0.646. The molecule has 0 spiro atoms. The van der Waals surface area contributed by atoms with Crippen molar-refractivity contribution in [1.29, 1.82) is 0 Å². The molecule has 0 aromatic heterocycles. The predicted molar refractivity (Wildman–Crippen MR) is 101 cm³/mol. The summed E-state index contributed by atoms with van der Waals surface area (Å²) < 4.78 is 0. The van der Waals surface area contributed by atoms with Crippen molar-refractivity contribution in [2.75, 3.05) is 6.61 Å². The van der Waals surface area contributed by atoms with Crippen LogP contribution >= 0.6 is 0 Å². The first-order valence-electron chi connectivity index (χ1n) is 8.16. The largest absolute Gasteiger partial charge is 0.693 e. The first-order valence-corrected chi connectivity index (χ1v) is 8.16. The van der Waals surface area contributed by atoms with Crippen LogP contribution in [0.4, 0.5) is 0 Å². The first kappa shape index (κ1) is 32.3. The van der Waals surface area contributed by atoms with Gasteiger partial charge in [-0.25, -0.2) is 0 Å². The molecule has 0 amide bonds. The Morgan fingerprint density at radius 3 is 1.33 bits per heavy atom. The molecule has 0 aromatic rings. The van der Waals surface area contributed by atoms with E-state index >= 15 is 0 Å². The molecular weight excluding hydrogens is 545 g/mol. The molecule has 0 saturated heterocycles. The molecular formula is C20H36NOReY-. The van der Waals surface area contributed by atoms with Crippen LogP contribution in [-0.2, 0) is 53.1 Å². The zero-order valence-corrected chi connectivity index (χ0v) is 21.8. The second-order valence-corrected chi connectivity index (χ2v) is 6.23. The van der Waals surface area contributed by atoms with E-state index in [1.807, 2.05) is 6.08 Å². The van der Waals surface area contributed by atoms with Gasteiger partial charge < -0.3 is 11.3 Å². The maximum Gasteiger partial charge on any atom is 0.0614 e. The van der Waals surface area contributed by atoms with Crippen molar-refractivity contribution in [2.45, 2.75) is 73.1 Å². The third-order valence-electron chi connectivity index (χ3n) is 3.59. The van der Waals surface area contributed by atoms with Gasteiger partial charge in [0.1, 0.15) is 0 Å². The van der Waals surface area contributed by atoms with E-state index in [0.29, 0.717) is 0 Å². The maximum absolute atomic E-state index is 8.80. The fourth-order valence-corrected chi connectivity index (χ4v) is 2.14. The summed E-state index contributed by atoms with van der Waals surface area (Å²) in [6.45, 7) is 11.0. The number of allylic oxidation sites excluding steroid dienone is 7. The van der Waals surface area contributed by atoms with Gasteiger partial charge in [0.2, 0.25) is 0 Å². The van der Waals surface area contributed by atoms with Crippen molar-refractivity contribution >= 4 is 0 Å². The predicted octanol–water partition coefficient (Wildman–Crippen LogP) is 6.84. The minimum absolute atomic E-state index is 0. The molecule has 138 valence electrons. The van der Waals surface area contributed by atoms with Gasteiger partial charge in [-0.05, 0) is 73.1 Å². The first-order chi connectivity index (χ1) is 9.95. The minimum Gasteiger partial charge on any atom is -0.693 e. The molecule has 0 aliphatic rings. The monoisotopic (exact) mass is 582 g/mol. The zero-order chi connectivity index (χ0) is 16.1. The van der Waals surface area contributed by atoms with E-state index in [0.717, 1.165) is 32.1 Å². The van der Waals surface area contributed by atoms with Gasteiger partial charge >= 0.3 is 0 Å². The number of aliphatic hydroxyl groups is 1. The topological polar surface area (TPSA) is 53.7 Å². The van der Waals surface area contributed by atoms with E-state index in [-0.39, 0.29) is 65.9 Å². The Morgan fingerprint density at radius 2 is 1.00 bits per heavy atom. The van der Waals surface area contributed by atoms with Crippen LogP contribution in [0.2, 0.25) is 0 Å². The van der Waals surface area contributed by atoms with Gasteiger partial charge in [0, 0.05) is 53.1 Å². The molecule has 0 saturated carbocycles. The standard InChI is InChI=1S/C20H34O.H2N.Re.Y/c1-17(2)9-6-10-18(3)11-7-12-19(4)13-8-14-20(5)15-16-21;;;/h9,11,13,15,21H,6-8,10,12,14,16H2,1-5H3;1H2;;/q;-1;;/b18-11+,19-13+,20-15+;;;. The van der Waals surface area contributed by atoms with Gasteiger partial charge in [-0.15, -0.1) is 0 Å².